The van der Waals surface area contributed by atoms with Crippen LogP contribution >= 0.6 is 0 Å². The zero-order valence-electron chi connectivity index (χ0n) is 10.5. The Morgan fingerprint density at radius 1 is 1.61 bits per heavy atom. The summed E-state index contributed by atoms with van der Waals surface area (Å²) in [6.07, 6.45) is 9.37. The predicted molar refractivity (Wildman–Crippen MR) is 72.1 cm³/mol. The van der Waals surface area contributed by atoms with Gasteiger partial charge < -0.3 is 10.6 Å². The van der Waals surface area contributed by atoms with E-state index in [1.165, 1.54) is 0 Å². The van der Waals surface area contributed by atoms with Crippen molar-refractivity contribution >= 4 is 11.5 Å². The minimum absolute atomic E-state index is 0.00746. The molecule has 0 saturated carbocycles. The van der Waals surface area contributed by atoms with Gasteiger partial charge in [0.2, 0.25) is 5.95 Å². The van der Waals surface area contributed by atoms with Crippen molar-refractivity contribution in [3.05, 3.63) is 27.7 Å². The molecule has 0 radical (unpaired) electrons. The van der Waals surface area contributed by atoms with Crippen molar-refractivity contribution in [1.29, 1.82) is 0 Å². The average molecular weight is 244 g/mol. The third kappa shape index (κ3) is 2.29. The Balaban J connectivity index is 2.44. The maximum Gasteiger partial charge on any atom is 0.268 e. The topological polar surface area (TPSA) is 69.8 Å². The second-order valence-corrected chi connectivity index (χ2v) is 4.21. The van der Waals surface area contributed by atoms with Gasteiger partial charge in [0.1, 0.15) is 5.56 Å². The molecule has 1 aromatic heterocycles. The van der Waals surface area contributed by atoms with E-state index in [2.05, 4.69) is 26.5 Å². The summed E-state index contributed by atoms with van der Waals surface area (Å²) in [5, 5.41) is 6.06. The Morgan fingerprint density at radius 3 is 2.83 bits per heavy atom. The largest absolute Gasteiger partial charge is 0.341 e. The van der Waals surface area contributed by atoms with Crippen LogP contribution in [-0.4, -0.2) is 23.2 Å². The van der Waals surface area contributed by atoms with Gasteiger partial charge in [-0.25, -0.2) is 4.98 Å². The van der Waals surface area contributed by atoms with Crippen LogP contribution in [0.1, 0.15) is 31.0 Å². The quantitative estimate of drug-likeness (QED) is 0.544. The zero-order chi connectivity index (χ0) is 13.1. The summed E-state index contributed by atoms with van der Waals surface area (Å²) in [5.41, 5.74) is 1.71. The van der Waals surface area contributed by atoms with Crippen LogP contribution < -0.4 is 16.2 Å². The van der Waals surface area contributed by atoms with Crippen LogP contribution in [0.4, 0.5) is 5.95 Å². The summed E-state index contributed by atoms with van der Waals surface area (Å²) in [6, 6.07) is 0. The third-order valence-electron chi connectivity index (χ3n) is 2.96. The van der Waals surface area contributed by atoms with E-state index in [0.717, 1.165) is 18.4 Å². The molecule has 0 fully saturated rings. The fourth-order valence-corrected chi connectivity index (χ4v) is 1.69. The summed E-state index contributed by atoms with van der Waals surface area (Å²) < 4.78 is 0. The lowest BCUT2D eigenvalue weighted by Gasteiger charge is -2.18. The number of aromatic nitrogens is 2. The van der Waals surface area contributed by atoms with E-state index < -0.39 is 0 Å². The van der Waals surface area contributed by atoms with E-state index in [0.29, 0.717) is 17.2 Å². The lowest BCUT2D eigenvalue weighted by molar-refractivity contribution is 0.674. The van der Waals surface area contributed by atoms with Gasteiger partial charge in [-0.3, -0.25) is 9.78 Å². The van der Waals surface area contributed by atoms with Crippen LogP contribution in [0.5, 0.6) is 0 Å². The number of terminal acetylenes is 1. The van der Waals surface area contributed by atoms with E-state index in [1.807, 2.05) is 20.0 Å². The minimum atomic E-state index is -0.277. The van der Waals surface area contributed by atoms with Gasteiger partial charge in [0, 0.05) is 0 Å². The van der Waals surface area contributed by atoms with E-state index in [4.69, 9.17) is 6.42 Å². The van der Waals surface area contributed by atoms with Crippen LogP contribution in [0.3, 0.4) is 0 Å². The molecule has 1 unspecified atom stereocenters. The molecule has 1 aliphatic rings. The van der Waals surface area contributed by atoms with Crippen molar-refractivity contribution < 1.29 is 0 Å². The van der Waals surface area contributed by atoms with Crippen molar-refractivity contribution in [1.82, 2.24) is 15.3 Å². The molecule has 0 aromatic carbocycles. The lowest BCUT2D eigenvalue weighted by Crippen LogP contribution is -2.32. The van der Waals surface area contributed by atoms with Gasteiger partial charge in [0.05, 0.1) is 11.9 Å². The molecule has 1 aromatic rings. The van der Waals surface area contributed by atoms with Gasteiger partial charge in [-0.2, -0.15) is 0 Å². The number of nitrogens with zero attached hydrogens (tertiary/aromatic N) is 1. The van der Waals surface area contributed by atoms with Gasteiger partial charge in [-0.05, 0) is 32.4 Å². The Hall–Kier alpha value is -2.06. The predicted octanol–water partition coefficient (Wildman–Crippen LogP) is 0.906. The van der Waals surface area contributed by atoms with Gasteiger partial charge in [-0.15, -0.1) is 6.42 Å². The van der Waals surface area contributed by atoms with Gasteiger partial charge >= 0.3 is 0 Å². The molecule has 0 aliphatic heterocycles. The Morgan fingerprint density at radius 2 is 2.33 bits per heavy atom. The highest BCUT2D eigenvalue weighted by Gasteiger charge is 2.17. The molecular weight excluding hydrogens is 228 g/mol. The Kier molecular flexibility index (Phi) is 3.49. The van der Waals surface area contributed by atoms with Crippen molar-refractivity contribution in [2.45, 2.75) is 25.9 Å². The molecule has 0 saturated heterocycles. The number of rotatable bonds is 4. The standard InChI is InChI=1S/C13H16N4O/c1-4-10-11(9-6-5-7-9)16-13(17-12(10)18)15-8(2)14-3/h1,6,8,14H,5,7H2,2-3H3,(H2,15,16,17,18). The minimum Gasteiger partial charge on any atom is -0.341 e. The van der Waals surface area contributed by atoms with Crippen LogP contribution in [0.2, 0.25) is 0 Å². The van der Waals surface area contributed by atoms with Gasteiger partial charge in [0.15, 0.2) is 0 Å². The lowest BCUT2D eigenvalue weighted by atomic mass is 9.93. The Bertz CT molecular complexity index is 580. The number of aromatic amines is 1. The molecular formula is C13H16N4O. The van der Waals surface area contributed by atoms with Crippen LogP contribution in [0, 0.1) is 12.3 Å². The van der Waals surface area contributed by atoms with Crippen molar-refractivity contribution in [3.63, 3.8) is 0 Å². The normalized spacial score (nSPS) is 15.3. The molecule has 3 N–H and O–H groups in total. The molecule has 0 amide bonds. The first-order chi connectivity index (χ1) is 8.65. The van der Waals surface area contributed by atoms with Crippen LogP contribution in [0.15, 0.2) is 10.9 Å². The zero-order valence-corrected chi connectivity index (χ0v) is 10.5. The van der Waals surface area contributed by atoms with Crippen LogP contribution in [0.25, 0.3) is 5.57 Å². The number of anilines is 1. The average Bonchev–Trinajstić information content (AvgIpc) is 2.26. The SMILES string of the molecule is C#Cc1c(C2=CCC2)nc(NC(C)NC)[nH]c1=O. The van der Waals surface area contributed by atoms with Crippen molar-refractivity contribution in [3.8, 4) is 12.3 Å². The highest BCUT2D eigenvalue weighted by molar-refractivity contribution is 5.72. The summed E-state index contributed by atoms with van der Waals surface area (Å²) in [6.45, 7) is 1.93. The summed E-state index contributed by atoms with van der Waals surface area (Å²) in [7, 11) is 1.82. The van der Waals surface area contributed by atoms with Crippen molar-refractivity contribution in [2.75, 3.05) is 12.4 Å². The first kappa shape index (κ1) is 12.4. The van der Waals surface area contributed by atoms with Crippen LogP contribution in [-0.2, 0) is 0 Å². The van der Waals surface area contributed by atoms with Gasteiger partial charge in [-0.1, -0.05) is 12.0 Å². The number of H-pyrrole nitrogens is 1. The van der Waals surface area contributed by atoms with Gasteiger partial charge in [0.25, 0.3) is 5.56 Å². The molecule has 18 heavy (non-hydrogen) atoms. The molecule has 2 rings (SSSR count). The highest BCUT2D eigenvalue weighted by atomic mass is 16.1. The monoisotopic (exact) mass is 244 g/mol. The summed E-state index contributed by atoms with van der Waals surface area (Å²) in [4.78, 5) is 18.9. The van der Waals surface area contributed by atoms with E-state index in [9.17, 15) is 4.79 Å². The second-order valence-electron chi connectivity index (χ2n) is 4.21. The number of allylic oxidation sites excluding steroid dienone is 2. The fourth-order valence-electron chi connectivity index (χ4n) is 1.69. The van der Waals surface area contributed by atoms with E-state index in [1.54, 1.807) is 0 Å². The molecule has 1 atom stereocenters. The number of nitrogens with one attached hydrogen (secondary N) is 3. The molecule has 94 valence electrons. The summed E-state index contributed by atoms with van der Waals surface area (Å²) in [5.74, 6) is 2.85. The molecule has 5 heteroatoms. The highest BCUT2D eigenvalue weighted by Crippen LogP contribution is 2.28. The molecule has 1 heterocycles. The number of hydrogen-bond donors (Lipinski definition) is 3. The summed E-state index contributed by atoms with van der Waals surface area (Å²) >= 11 is 0. The number of hydrogen-bond acceptors (Lipinski definition) is 4. The van der Waals surface area contributed by atoms with E-state index in [-0.39, 0.29) is 11.7 Å². The smallest absolute Gasteiger partial charge is 0.268 e. The molecule has 0 spiro atoms. The first-order valence-electron chi connectivity index (χ1n) is 5.90. The van der Waals surface area contributed by atoms with E-state index >= 15 is 0 Å². The third-order valence-corrected chi connectivity index (χ3v) is 2.96. The fraction of sp³-hybridized carbons (Fsp3) is 0.385. The molecule has 1 aliphatic carbocycles. The maximum atomic E-state index is 11.9. The molecule has 5 nitrogen and oxygen atoms in total. The Labute approximate surface area is 106 Å². The first-order valence-corrected chi connectivity index (χ1v) is 5.90. The molecule has 0 bridgehead atoms. The van der Waals surface area contributed by atoms with Crippen molar-refractivity contribution in [2.24, 2.45) is 0 Å². The second kappa shape index (κ2) is 5.07. The maximum absolute atomic E-state index is 11.9.